The lowest BCUT2D eigenvalue weighted by Crippen LogP contribution is -2.15. The second-order valence-electron chi connectivity index (χ2n) is 5.92. The third-order valence-corrected chi connectivity index (χ3v) is 4.44. The van der Waals surface area contributed by atoms with Gasteiger partial charge in [0.05, 0.1) is 11.1 Å². The van der Waals surface area contributed by atoms with E-state index in [9.17, 15) is 4.79 Å². The van der Waals surface area contributed by atoms with E-state index in [1.807, 2.05) is 24.3 Å². The Kier molecular flexibility index (Phi) is 4.73. The number of nitrogens with zero attached hydrogens (tertiary/aromatic N) is 1. The smallest absolute Gasteiger partial charge is 0.343 e. The van der Waals surface area contributed by atoms with Crippen molar-refractivity contribution in [3.05, 3.63) is 65.2 Å². The Hall–Kier alpha value is -2.60. The summed E-state index contributed by atoms with van der Waals surface area (Å²) in [6.45, 7) is 0. The van der Waals surface area contributed by atoms with E-state index in [-0.39, 0.29) is 5.97 Å². The van der Waals surface area contributed by atoms with E-state index in [1.54, 1.807) is 24.3 Å². The van der Waals surface area contributed by atoms with Crippen LogP contribution in [0.2, 0.25) is 0 Å². The molecule has 0 aliphatic heterocycles. The van der Waals surface area contributed by atoms with Crippen LogP contribution in [0.3, 0.4) is 0 Å². The zero-order valence-corrected chi connectivity index (χ0v) is 13.0. The summed E-state index contributed by atoms with van der Waals surface area (Å²) in [5.41, 5.74) is 2.06. The van der Waals surface area contributed by atoms with Gasteiger partial charge in [0, 0.05) is 0 Å². The monoisotopic (exact) mass is 305 g/mol. The fraction of sp³-hybridized carbons (Fsp3) is 0.300. The zero-order chi connectivity index (χ0) is 16.1. The number of benzene rings is 2. The Morgan fingerprint density at radius 3 is 2.48 bits per heavy atom. The van der Waals surface area contributed by atoms with Gasteiger partial charge in [-0.3, -0.25) is 0 Å². The first kappa shape index (κ1) is 15.3. The van der Waals surface area contributed by atoms with E-state index < -0.39 is 0 Å². The van der Waals surface area contributed by atoms with Crippen molar-refractivity contribution in [2.24, 2.45) is 0 Å². The highest BCUT2D eigenvalue weighted by atomic mass is 16.5. The van der Waals surface area contributed by atoms with E-state index >= 15 is 0 Å². The van der Waals surface area contributed by atoms with E-state index in [0.29, 0.717) is 22.8 Å². The molecule has 0 radical (unpaired) electrons. The van der Waals surface area contributed by atoms with Crippen molar-refractivity contribution in [2.75, 3.05) is 0 Å². The van der Waals surface area contributed by atoms with Crippen LogP contribution in [0.4, 0.5) is 0 Å². The van der Waals surface area contributed by atoms with Crippen LogP contribution >= 0.6 is 0 Å². The lowest BCUT2D eigenvalue weighted by atomic mass is 9.82. The molecule has 0 saturated heterocycles. The first-order valence-electron chi connectivity index (χ1n) is 8.10. The molecule has 0 amide bonds. The SMILES string of the molecule is N#Cc1ccccc1OC(=O)c1ccccc1C1CCCCC1. The zero-order valence-electron chi connectivity index (χ0n) is 13.0. The fourth-order valence-electron chi connectivity index (χ4n) is 3.26. The van der Waals surface area contributed by atoms with Crippen molar-refractivity contribution in [3.63, 3.8) is 0 Å². The van der Waals surface area contributed by atoms with Gasteiger partial charge in [-0.15, -0.1) is 0 Å². The molecule has 0 N–H and O–H groups in total. The Bertz CT molecular complexity index is 739. The molecular weight excluding hydrogens is 286 g/mol. The van der Waals surface area contributed by atoms with Gasteiger partial charge in [0.15, 0.2) is 0 Å². The fourth-order valence-corrected chi connectivity index (χ4v) is 3.26. The van der Waals surface area contributed by atoms with Gasteiger partial charge in [0.1, 0.15) is 11.8 Å². The summed E-state index contributed by atoms with van der Waals surface area (Å²) in [6, 6.07) is 16.6. The molecular formula is C20H19NO2. The van der Waals surface area contributed by atoms with Gasteiger partial charge in [-0.2, -0.15) is 5.26 Å². The predicted molar refractivity (Wildman–Crippen MR) is 88.4 cm³/mol. The van der Waals surface area contributed by atoms with Crippen LogP contribution in [0, 0.1) is 11.3 Å². The molecule has 0 heterocycles. The molecule has 3 nitrogen and oxygen atoms in total. The molecule has 0 aromatic heterocycles. The van der Waals surface area contributed by atoms with Crippen molar-refractivity contribution in [2.45, 2.75) is 38.0 Å². The van der Waals surface area contributed by atoms with E-state index in [1.165, 1.54) is 19.3 Å². The quantitative estimate of drug-likeness (QED) is 0.603. The minimum absolute atomic E-state index is 0.318. The van der Waals surface area contributed by atoms with Crippen LogP contribution in [0.5, 0.6) is 5.75 Å². The van der Waals surface area contributed by atoms with Gasteiger partial charge in [-0.1, -0.05) is 49.6 Å². The standard InChI is InChI=1S/C20H19NO2/c21-14-16-10-4-7-13-19(16)23-20(22)18-12-6-5-11-17(18)15-8-2-1-3-9-15/h4-7,10-13,15H,1-3,8-9H2. The van der Waals surface area contributed by atoms with Gasteiger partial charge in [-0.25, -0.2) is 4.79 Å². The number of esters is 1. The van der Waals surface area contributed by atoms with Gasteiger partial charge in [-0.05, 0) is 42.5 Å². The summed E-state index contributed by atoms with van der Waals surface area (Å²) in [6.07, 6.45) is 5.95. The van der Waals surface area contributed by atoms with Crippen LogP contribution in [0.1, 0.15) is 59.5 Å². The highest BCUT2D eigenvalue weighted by Crippen LogP contribution is 2.34. The molecule has 1 aliphatic rings. The summed E-state index contributed by atoms with van der Waals surface area (Å²) < 4.78 is 5.49. The maximum Gasteiger partial charge on any atom is 0.343 e. The molecule has 2 aromatic carbocycles. The van der Waals surface area contributed by atoms with E-state index in [4.69, 9.17) is 10.00 Å². The minimum Gasteiger partial charge on any atom is -0.422 e. The van der Waals surface area contributed by atoms with Crippen LogP contribution in [0.15, 0.2) is 48.5 Å². The number of carbonyl (C=O) groups is 1. The molecule has 0 spiro atoms. The van der Waals surface area contributed by atoms with Crippen LogP contribution in [-0.2, 0) is 0 Å². The number of nitriles is 1. The molecule has 23 heavy (non-hydrogen) atoms. The van der Waals surface area contributed by atoms with Crippen molar-refractivity contribution in [3.8, 4) is 11.8 Å². The summed E-state index contributed by atoms with van der Waals surface area (Å²) in [5.74, 6) is 0.367. The molecule has 1 aliphatic carbocycles. The Labute approximate surface area is 136 Å². The average Bonchev–Trinajstić information content (AvgIpc) is 2.63. The third kappa shape index (κ3) is 3.43. The minimum atomic E-state index is -0.381. The van der Waals surface area contributed by atoms with Gasteiger partial charge in [0.25, 0.3) is 0 Å². The lowest BCUT2D eigenvalue weighted by Gasteiger charge is -2.23. The molecule has 1 fully saturated rings. The number of hydrogen-bond acceptors (Lipinski definition) is 3. The Morgan fingerprint density at radius 1 is 1.00 bits per heavy atom. The molecule has 3 heteroatoms. The van der Waals surface area contributed by atoms with Crippen LogP contribution in [0.25, 0.3) is 0 Å². The Balaban J connectivity index is 1.86. The number of ether oxygens (including phenoxy) is 1. The summed E-state index contributed by atoms with van der Waals surface area (Å²) in [5, 5.41) is 9.12. The summed E-state index contributed by atoms with van der Waals surface area (Å²) >= 11 is 0. The van der Waals surface area contributed by atoms with Gasteiger partial charge < -0.3 is 4.74 Å². The van der Waals surface area contributed by atoms with Crippen LogP contribution in [-0.4, -0.2) is 5.97 Å². The largest absolute Gasteiger partial charge is 0.422 e. The maximum atomic E-state index is 12.6. The molecule has 0 bridgehead atoms. The Morgan fingerprint density at radius 2 is 1.70 bits per heavy atom. The molecule has 116 valence electrons. The average molecular weight is 305 g/mol. The molecule has 0 unspecified atom stereocenters. The van der Waals surface area contributed by atoms with Gasteiger partial charge >= 0.3 is 5.97 Å². The number of carbonyl (C=O) groups excluding carboxylic acids is 1. The molecule has 1 saturated carbocycles. The predicted octanol–water partition coefficient (Wildman–Crippen LogP) is 4.83. The summed E-state index contributed by atoms with van der Waals surface area (Å²) in [7, 11) is 0. The maximum absolute atomic E-state index is 12.6. The van der Waals surface area contributed by atoms with E-state index in [2.05, 4.69) is 6.07 Å². The lowest BCUT2D eigenvalue weighted by molar-refractivity contribution is 0.0732. The first-order chi connectivity index (χ1) is 11.3. The number of hydrogen-bond donors (Lipinski definition) is 0. The molecule has 0 atom stereocenters. The van der Waals surface area contributed by atoms with Gasteiger partial charge in [0.2, 0.25) is 0 Å². The molecule has 3 rings (SSSR count). The van der Waals surface area contributed by atoms with Crippen molar-refractivity contribution >= 4 is 5.97 Å². The number of para-hydroxylation sites is 1. The third-order valence-electron chi connectivity index (χ3n) is 4.44. The van der Waals surface area contributed by atoms with E-state index in [0.717, 1.165) is 18.4 Å². The highest BCUT2D eigenvalue weighted by molar-refractivity contribution is 5.93. The first-order valence-corrected chi connectivity index (χ1v) is 8.10. The highest BCUT2D eigenvalue weighted by Gasteiger charge is 2.22. The number of rotatable bonds is 3. The summed E-state index contributed by atoms with van der Waals surface area (Å²) in [4.78, 5) is 12.6. The second kappa shape index (κ2) is 7.11. The van der Waals surface area contributed by atoms with Crippen LogP contribution < -0.4 is 4.74 Å². The molecule has 2 aromatic rings. The van der Waals surface area contributed by atoms with Crippen molar-refractivity contribution < 1.29 is 9.53 Å². The van der Waals surface area contributed by atoms with Crippen molar-refractivity contribution in [1.82, 2.24) is 0 Å². The normalized spacial score (nSPS) is 14.9. The second-order valence-corrected chi connectivity index (χ2v) is 5.92. The topological polar surface area (TPSA) is 50.1 Å². The van der Waals surface area contributed by atoms with Crippen molar-refractivity contribution in [1.29, 1.82) is 5.26 Å².